The summed E-state index contributed by atoms with van der Waals surface area (Å²) >= 11 is 0. The molecule has 1 saturated heterocycles. The van der Waals surface area contributed by atoms with Gasteiger partial charge in [-0.25, -0.2) is 8.42 Å². The molecule has 7 heteroatoms. The fraction of sp³-hybridized carbons (Fsp3) is 0.269. The van der Waals surface area contributed by atoms with Crippen LogP contribution in [0.4, 0.5) is 0 Å². The number of hydrogen-bond acceptors (Lipinski definition) is 4. The Morgan fingerprint density at radius 1 is 0.758 bits per heavy atom. The molecule has 1 amide bonds. The number of hydrogen-bond donors (Lipinski definition) is 1. The second kappa shape index (κ2) is 10.3. The number of carbonyl (C=O) groups excluding carboxylic acids is 1. The van der Waals surface area contributed by atoms with Crippen molar-refractivity contribution in [3.8, 4) is 0 Å². The van der Waals surface area contributed by atoms with Gasteiger partial charge >= 0.3 is 0 Å². The standard InChI is InChI=1S/C26H29N3O3S/c1-21(27-33(31,32)24-15-9-4-10-16-24)26(30)29-19-17-28(18-20-29)25(22-11-5-2-6-12-22)23-13-7-3-8-14-23/h2-16,21,25,27H,17-20H2,1H3/t21-/m1/s1. The van der Waals surface area contributed by atoms with Crippen molar-refractivity contribution < 1.29 is 13.2 Å². The Morgan fingerprint density at radius 3 is 1.70 bits per heavy atom. The molecule has 1 aliphatic heterocycles. The summed E-state index contributed by atoms with van der Waals surface area (Å²) in [7, 11) is -3.75. The van der Waals surface area contributed by atoms with Crippen LogP contribution >= 0.6 is 0 Å². The maximum atomic E-state index is 13.0. The Hall–Kier alpha value is -3.00. The molecule has 0 saturated carbocycles. The SMILES string of the molecule is C[C@@H](NS(=O)(=O)c1ccccc1)C(=O)N1CCN(C(c2ccccc2)c2ccccc2)CC1. The van der Waals surface area contributed by atoms with E-state index >= 15 is 0 Å². The smallest absolute Gasteiger partial charge is 0.241 e. The summed E-state index contributed by atoms with van der Waals surface area (Å²) < 4.78 is 27.7. The first-order valence-corrected chi connectivity index (χ1v) is 12.6. The lowest BCUT2D eigenvalue weighted by Gasteiger charge is -2.40. The zero-order chi connectivity index (χ0) is 23.3. The van der Waals surface area contributed by atoms with Gasteiger partial charge in [0.05, 0.1) is 17.0 Å². The minimum atomic E-state index is -3.75. The van der Waals surface area contributed by atoms with E-state index < -0.39 is 16.1 Å². The van der Waals surface area contributed by atoms with Gasteiger partial charge in [-0.05, 0) is 30.2 Å². The van der Waals surface area contributed by atoms with Crippen molar-refractivity contribution in [3.05, 3.63) is 102 Å². The van der Waals surface area contributed by atoms with Crippen molar-refractivity contribution in [3.63, 3.8) is 0 Å². The third-order valence-corrected chi connectivity index (χ3v) is 7.53. The largest absolute Gasteiger partial charge is 0.339 e. The summed E-state index contributed by atoms with van der Waals surface area (Å²) in [5.41, 5.74) is 2.43. The number of benzene rings is 3. The van der Waals surface area contributed by atoms with Crippen molar-refractivity contribution in [2.24, 2.45) is 0 Å². The third-order valence-electron chi connectivity index (χ3n) is 5.98. The fourth-order valence-electron chi connectivity index (χ4n) is 4.31. The van der Waals surface area contributed by atoms with Gasteiger partial charge in [0.1, 0.15) is 0 Å². The van der Waals surface area contributed by atoms with E-state index in [1.807, 2.05) is 36.4 Å². The van der Waals surface area contributed by atoms with Gasteiger partial charge in [0.25, 0.3) is 0 Å². The summed E-state index contributed by atoms with van der Waals surface area (Å²) in [6.07, 6.45) is 0. The number of piperazine rings is 1. The Bertz CT molecular complexity index is 1110. The predicted molar refractivity (Wildman–Crippen MR) is 129 cm³/mol. The molecule has 4 rings (SSSR count). The van der Waals surface area contributed by atoms with Gasteiger partial charge < -0.3 is 4.90 Å². The lowest BCUT2D eigenvalue weighted by atomic mass is 9.96. The molecule has 0 unspecified atom stereocenters. The highest BCUT2D eigenvalue weighted by Crippen LogP contribution is 2.29. The highest BCUT2D eigenvalue weighted by molar-refractivity contribution is 7.89. The molecular formula is C26H29N3O3S. The molecular weight excluding hydrogens is 434 g/mol. The maximum absolute atomic E-state index is 13.0. The summed E-state index contributed by atoms with van der Waals surface area (Å²) in [6, 6.07) is 28.2. The number of sulfonamides is 1. The number of nitrogens with one attached hydrogen (secondary N) is 1. The van der Waals surface area contributed by atoms with Crippen LogP contribution in [0.15, 0.2) is 95.9 Å². The van der Waals surface area contributed by atoms with E-state index in [0.717, 1.165) is 0 Å². The highest BCUT2D eigenvalue weighted by atomic mass is 32.2. The second-order valence-corrected chi connectivity index (χ2v) is 9.96. The van der Waals surface area contributed by atoms with E-state index in [1.54, 1.807) is 30.0 Å². The van der Waals surface area contributed by atoms with Crippen LogP contribution in [0.5, 0.6) is 0 Å². The maximum Gasteiger partial charge on any atom is 0.241 e. The molecule has 0 bridgehead atoms. The first-order chi connectivity index (χ1) is 16.0. The van der Waals surface area contributed by atoms with Crippen LogP contribution in [0.1, 0.15) is 24.1 Å². The average Bonchev–Trinajstić information content (AvgIpc) is 2.86. The first kappa shape index (κ1) is 23.2. The van der Waals surface area contributed by atoms with Gasteiger partial charge in [-0.15, -0.1) is 0 Å². The molecule has 1 atom stereocenters. The first-order valence-electron chi connectivity index (χ1n) is 11.2. The molecule has 3 aromatic carbocycles. The average molecular weight is 464 g/mol. The third kappa shape index (κ3) is 5.50. The quantitative estimate of drug-likeness (QED) is 0.584. The van der Waals surface area contributed by atoms with Crippen molar-refractivity contribution in [2.45, 2.75) is 23.9 Å². The molecule has 3 aromatic rings. The lowest BCUT2D eigenvalue weighted by Crippen LogP contribution is -2.54. The summed E-state index contributed by atoms with van der Waals surface area (Å²) in [5, 5.41) is 0. The monoisotopic (exact) mass is 463 g/mol. The van der Waals surface area contributed by atoms with E-state index in [0.29, 0.717) is 26.2 Å². The molecule has 1 heterocycles. The fourth-order valence-corrected chi connectivity index (χ4v) is 5.53. The Morgan fingerprint density at radius 2 is 1.21 bits per heavy atom. The number of amides is 1. The molecule has 172 valence electrons. The highest BCUT2D eigenvalue weighted by Gasteiger charge is 2.31. The normalized spacial score (nSPS) is 16.0. The zero-order valence-corrected chi connectivity index (χ0v) is 19.5. The number of carbonyl (C=O) groups is 1. The van der Waals surface area contributed by atoms with Crippen LogP contribution in [0, 0.1) is 0 Å². The minimum Gasteiger partial charge on any atom is -0.339 e. The predicted octanol–water partition coefficient (Wildman–Crippen LogP) is 3.29. The van der Waals surface area contributed by atoms with Crippen molar-refractivity contribution in [2.75, 3.05) is 26.2 Å². The molecule has 1 N–H and O–H groups in total. The van der Waals surface area contributed by atoms with E-state index in [-0.39, 0.29) is 16.8 Å². The number of rotatable bonds is 7. The van der Waals surface area contributed by atoms with Crippen LogP contribution < -0.4 is 4.72 Å². The lowest BCUT2D eigenvalue weighted by molar-refractivity contribution is -0.134. The van der Waals surface area contributed by atoms with E-state index in [2.05, 4.69) is 33.9 Å². The van der Waals surface area contributed by atoms with Crippen molar-refractivity contribution in [1.82, 2.24) is 14.5 Å². The van der Waals surface area contributed by atoms with Gasteiger partial charge in [0.2, 0.25) is 15.9 Å². The van der Waals surface area contributed by atoms with E-state index in [9.17, 15) is 13.2 Å². The van der Waals surface area contributed by atoms with Gasteiger partial charge in [0.15, 0.2) is 0 Å². The minimum absolute atomic E-state index is 0.110. The summed E-state index contributed by atoms with van der Waals surface area (Å²) in [6.45, 7) is 4.11. The van der Waals surface area contributed by atoms with Crippen molar-refractivity contribution in [1.29, 1.82) is 0 Å². The second-order valence-electron chi connectivity index (χ2n) is 8.24. The topological polar surface area (TPSA) is 69.7 Å². The Balaban J connectivity index is 1.42. The van der Waals surface area contributed by atoms with Crippen LogP contribution in [-0.4, -0.2) is 56.3 Å². The summed E-state index contributed by atoms with van der Waals surface area (Å²) in [4.78, 5) is 17.3. The molecule has 0 radical (unpaired) electrons. The van der Waals surface area contributed by atoms with Crippen LogP contribution in [0.3, 0.4) is 0 Å². The van der Waals surface area contributed by atoms with Crippen LogP contribution in [0.2, 0.25) is 0 Å². The van der Waals surface area contributed by atoms with E-state index in [1.165, 1.54) is 23.3 Å². The zero-order valence-electron chi connectivity index (χ0n) is 18.7. The Labute approximate surface area is 195 Å². The van der Waals surface area contributed by atoms with E-state index in [4.69, 9.17) is 0 Å². The molecule has 1 fully saturated rings. The summed E-state index contributed by atoms with van der Waals surface area (Å²) in [5.74, 6) is -0.204. The number of nitrogens with zero attached hydrogens (tertiary/aromatic N) is 2. The molecule has 0 spiro atoms. The van der Waals surface area contributed by atoms with Gasteiger partial charge in [-0.2, -0.15) is 4.72 Å². The van der Waals surface area contributed by atoms with Gasteiger partial charge in [-0.3, -0.25) is 9.69 Å². The molecule has 0 aliphatic carbocycles. The van der Waals surface area contributed by atoms with Crippen LogP contribution in [-0.2, 0) is 14.8 Å². The molecule has 1 aliphatic rings. The van der Waals surface area contributed by atoms with Gasteiger partial charge in [0, 0.05) is 26.2 Å². The molecule has 33 heavy (non-hydrogen) atoms. The molecule has 6 nitrogen and oxygen atoms in total. The van der Waals surface area contributed by atoms with Crippen molar-refractivity contribution >= 4 is 15.9 Å². The molecule has 0 aromatic heterocycles. The van der Waals surface area contributed by atoms with Gasteiger partial charge in [-0.1, -0.05) is 78.9 Å². The van der Waals surface area contributed by atoms with Crippen LogP contribution in [0.25, 0.3) is 0 Å². The Kier molecular flexibility index (Phi) is 7.23.